The van der Waals surface area contributed by atoms with Crippen LogP contribution in [0.25, 0.3) is 11.0 Å². The third-order valence-corrected chi connectivity index (χ3v) is 3.78. The van der Waals surface area contributed by atoms with E-state index < -0.39 is 0 Å². The van der Waals surface area contributed by atoms with E-state index in [1.165, 1.54) is 5.56 Å². The average molecular weight is 287 g/mol. The number of hydrogen-bond donors (Lipinski definition) is 1. The van der Waals surface area contributed by atoms with Gasteiger partial charge in [-0.1, -0.05) is 23.7 Å². The number of aryl methyl sites for hydroxylation is 1. The first-order chi connectivity index (χ1) is 9.70. The fourth-order valence-corrected chi connectivity index (χ4v) is 2.64. The normalized spacial score (nSPS) is 12.8. The van der Waals surface area contributed by atoms with Crippen molar-refractivity contribution >= 4 is 22.6 Å². The maximum Gasteiger partial charge on any atom is 0.152 e. The number of halogens is 1. The highest BCUT2D eigenvalue weighted by Crippen LogP contribution is 2.32. The van der Waals surface area contributed by atoms with Crippen LogP contribution in [0.3, 0.4) is 0 Å². The summed E-state index contributed by atoms with van der Waals surface area (Å²) < 4.78 is 5.94. The number of furan rings is 1. The number of pyridine rings is 1. The van der Waals surface area contributed by atoms with E-state index in [1.54, 1.807) is 6.20 Å². The van der Waals surface area contributed by atoms with Crippen molar-refractivity contribution in [2.45, 2.75) is 13.0 Å². The lowest BCUT2D eigenvalue weighted by Crippen LogP contribution is -2.18. The number of benzene rings is 1. The minimum absolute atomic E-state index is 0.0350. The van der Waals surface area contributed by atoms with E-state index in [1.807, 2.05) is 43.6 Å². The average Bonchev–Trinajstić information content (AvgIpc) is 2.87. The van der Waals surface area contributed by atoms with Crippen molar-refractivity contribution in [2.24, 2.45) is 0 Å². The van der Waals surface area contributed by atoms with Crippen molar-refractivity contribution in [1.82, 2.24) is 10.3 Å². The van der Waals surface area contributed by atoms with E-state index in [9.17, 15) is 0 Å². The number of hydrogen-bond acceptors (Lipinski definition) is 3. The number of aromatic nitrogens is 1. The van der Waals surface area contributed by atoms with Gasteiger partial charge >= 0.3 is 0 Å². The Hall–Kier alpha value is -1.84. The number of para-hydroxylation sites is 1. The Kier molecular flexibility index (Phi) is 3.47. The first kappa shape index (κ1) is 13.2. The monoisotopic (exact) mass is 286 g/mol. The molecule has 0 radical (unpaired) electrons. The highest BCUT2D eigenvalue weighted by molar-refractivity contribution is 6.34. The van der Waals surface area contributed by atoms with E-state index in [4.69, 9.17) is 16.0 Å². The first-order valence-corrected chi connectivity index (χ1v) is 6.84. The minimum Gasteiger partial charge on any atom is -0.457 e. The van der Waals surface area contributed by atoms with Crippen LogP contribution in [0.15, 0.2) is 47.1 Å². The summed E-state index contributed by atoms with van der Waals surface area (Å²) in [6, 6.07) is 9.74. The Morgan fingerprint density at radius 1 is 1.30 bits per heavy atom. The van der Waals surface area contributed by atoms with Crippen LogP contribution < -0.4 is 5.32 Å². The summed E-state index contributed by atoms with van der Waals surface area (Å²) in [6.07, 6.45) is 3.66. The molecule has 3 aromatic rings. The second-order valence-corrected chi connectivity index (χ2v) is 5.17. The Bertz CT molecular complexity index is 751. The zero-order chi connectivity index (χ0) is 14.1. The lowest BCUT2D eigenvalue weighted by Gasteiger charge is -2.15. The third kappa shape index (κ3) is 2.19. The maximum atomic E-state index is 6.17. The van der Waals surface area contributed by atoms with Crippen LogP contribution >= 0.6 is 11.6 Å². The second kappa shape index (κ2) is 5.27. The van der Waals surface area contributed by atoms with Crippen molar-refractivity contribution in [1.29, 1.82) is 0 Å². The molecule has 3 rings (SSSR count). The zero-order valence-corrected chi connectivity index (χ0v) is 12.1. The quantitative estimate of drug-likeness (QED) is 0.788. The summed E-state index contributed by atoms with van der Waals surface area (Å²) in [5.74, 6) is 0.840. The van der Waals surface area contributed by atoms with Gasteiger partial charge in [0.2, 0.25) is 0 Å². The van der Waals surface area contributed by atoms with Crippen molar-refractivity contribution < 1.29 is 4.42 Å². The molecule has 0 fully saturated rings. The molecule has 1 atom stereocenters. The predicted molar refractivity (Wildman–Crippen MR) is 81.1 cm³/mol. The number of nitrogens with one attached hydrogen (secondary N) is 1. The first-order valence-electron chi connectivity index (χ1n) is 6.46. The van der Waals surface area contributed by atoms with Gasteiger partial charge in [-0.25, -0.2) is 0 Å². The van der Waals surface area contributed by atoms with Gasteiger partial charge in [-0.15, -0.1) is 0 Å². The second-order valence-electron chi connectivity index (χ2n) is 4.76. The molecule has 0 aliphatic rings. The lowest BCUT2D eigenvalue weighted by atomic mass is 10.0. The summed E-state index contributed by atoms with van der Waals surface area (Å²) in [5, 5.41) is 4.92. The van der Waals surface area contributed by atoms with E-state index in [0.717, 1.165) is 22.3 Å². The predicted octanol–water partition coefficient (Wildman–Crippen LogP) is 4.10. The van der Waals surface area contributed by atoms with Gasteiger partial charge in [0.1, 0.15) is 5.76 Å². The Morgan fingerprint density at radius 3 is 2.85 bits per heavy atom. The Balaban J connectivity index is 2.12. The highest BCUT2D eigenvalue weighted by Gasteiger charge is 2.19. The fourth-order valence-electron chi connectivity index (χ4n) is 2.42. The molecule has 1 aromatic carbocycles. The van der Waals surface area contributed by atoms with Crippen molar-refractivity contribution in [3.8, 4) is 0 Å². The molecule has 20 heavy (non-hydrogen) atoms. The molecule has 1 N–H and O–H groups in total. The van der Waals surface area contributed by atoms with Crippen molar-refractivity contribution in [2.75, 3.05) is 7.05 Å². The fraction of sp³-hybridized carbons (Fsp3) is 0.188. The van der Waals surface area contributed by atoms with E-state index in [-0.39, 0.29) is 6.04 Å². The SMILES string of the molecule is CNC(c1cc2cccc(Cl)c2o1)c1cnccc1C. The van der Waals surface area contributed by atoms with Crippen LogP contribution in [0.4, 0.5) is 0 Å². The van der Waals surface area contributed by atoms with Gasteiger partial charge in [-0.05, 0) is 43.3 Å². The van der Waals surface area contributed by atoms with Gasteiger partial charge in [0.25, 0.3) is 0 Å². The van der Waals surface area contributed by atoms with Gasteiger partial charge in [-0.2, -0.15) is 0 Å². The molecular formula is C16H15ClN2O. The molecule has 2 heterocycles. The topological polar surface area (TPSA) is 38.1 Å². The molecule has 0 aliphatic heterocycles. The summed E-state index contributed by atoms with van der Waals surface area (Å²) in [6.45, 7) is 2.07. The number of fused-ring (bicyclic) bond motifs is 1. The Labute approximate surface area is 122 Å². The van der Waals surface area contributed by atoms with E-state index >= 15 is 0 Å². The molecule has 0 saturated carbocycles. The molecule has 1 unspecified atom stereocenters. The smallest absolute Gasteiger partial charge is 0.152 e. The lowest BCUT2D eigenvalue weighted by molar-refractivity contribution is 0.490. The Morgan fingerprint density at radius 2 is 2.15 bits per heavy atom. The van der Waals surface area contributed by atoms with Crippen molar-refractivity contribution in [3.63, 3.8) is 0 Å². The minimum atomic E-state index is -0.0350. The van der Waals surface area contributed by atoms with Crippen LogP contribution in [-0.2, 0) is 0 Å². The molecule has 2 aromatic heterocycles. The van der Waals surface area contributed by atoms with Gasteiger partial charge in [0, 0.05) is 17.8 Å². The van der Waals surface area contributed by atoms with Crippen molar-refractivity contribution in [3.05, 3.63) is 64.6 Å². The van der Waals surface area contributed by atoms with Gasteiger partial charge in [0.15, 0.2) is 5.58 Å². The number of nitrogens with zero attached hydrogens (tertiary/aromatic N) is 1. The van der Waals surface area contributed by atoms with Gasteiger partial charge in [0.05, 0.1) is 11.1 Å². The van der Waals surface area contributed by atoms with E-state index in [2.05, 4.69) is 17.2 Å². The van der Waals surface area contributed by atoms with Gasteiger partial charge < -0.3 is 9.73 Å². The standard InChI is InChI=1S/C16H15ClN2O/c1-10-6-7-19-9-12(10)15(18-2)14-8-11-4-3-5-13(17)16(11)20-14/h3-9,15,18H,1-2H3. The molecule has 0 saturated heterocycles. The summed E-state index contributed by atoms with van der Waals surface area (Å²) in [5.41, 5.74) is 3.00. The molecule has 4 heteroatoms. The van der Waals surface area contributed by atoms with Crippen LogP contribution in [-0.4, -0.2) is 12.0 Å². The zero-order valence-electron chi connectivity index (χ0n) is 11.4. The van der Waals surface area contributed by atoms with Crippen LogP contribution in [0.5, 0.6) is 0 Å². The summed E-state index contributed by atoms with van der Waals surface area (Å²) in [4.78, 5) is 4.20. The number of rotatable bonds is 3. The molecule has 0 aliphatic carbocycles. The van der Waals surface area contributed by atoms with Crippen LogP contribution in [0.2, 0.25) is 5.02 Å². The molecule has 3 nitrogen and oxygen atoms in total. The highest BCUT2D eigenvalue weighted by atomic mass is 35.5. The molecular weight excluding hydrogens is 272 g/mol. The summed E-state index contributed by atoms with van der Waals surface area (Å²) in [7, 11) is 1.91. The summed E-state index contributed by atoms with van der Waals surface area (Å²) >= 11 is 6.17. The molecule has 0 amide bonds. The van der Waals surface area contributed by atoms with Crippen LogP contribution in [0.1, 0.15) is 22.9 Å². The molecule has 0 bridgehead atoms. The maximum absolute atomic E-state index is 6.17. The molecule has 102 valence electrons. The third-order valence-electron chi connectivity index (χ3n) is 3.48. The van der Waals surface area contributed by atoms with E-state index in [0.29, 0.717) is 5.02 Å². The largest absolute Gasteiger partial charge is 0.457 e. The molecule has 0 spiro atoms. The van der Waals surface area contributed by atoms with Gasteiger partial charge in [-0.3, -0.25) is 4.98 Å². The van der Waals surface area contributed by atoms with Crippen LogP contribution in [0, 0.1) is 6.92 Å².